The molecule has 0 saturated carbocycles. The van der Waals surface area contributed by atoms with E-state index in [1.54, 1.807) is 24.5 Å². The van der Waals surface area contributed by atoms with E-state index in [9.17, 15) is 4.79 Å². The Kier molecular flexibility index (Phi) is 8.14. The highest BCUT2D eigenvalue weighted by Gasteiger charge is 2.09. The monoisotopic (exact) mass is 358 g/mol. The zero-order valence-electron chi connectivity index (χ0n) is 15.1. The minimum absolute atomic E-state index is 0.0547. The van der Waals surface area contributed by atoms with Gasteiger partial charge >= 0.3 is 0 Å². The maximum atomic E-state index is 12.3. The van der Waals surface area contributed by atoms with Gasteiger partial charge in [-0.2, -0.15) is 0 Å². The third-order valence-corrected chi connectivity index (χ3v) is 3.97. The van der Waals surface area contributed by atoms with Gasteiger partial charge in [-0.05, 0) is 49.7 Å². The van der Waals surface area contributed by atoms with Crippen molar-refractivity contribution in [2.24, 2.45) is 0 Å². The third-order valence-electron chi connectivity index (χ3n) is 3.97. The number of hydrogen-bond acceptors (Lipinski definition) is 6. The van der Waals surface area contributed by atoms with Gasteiger partial charge in [0.25, 0.3) is 5.91 Å². The van der Waals surface area contributed by atoms with Crippen LogP contribution in [0.2, 0.25) is 0 Å². The first-order chi connectivity index (χ1) is 12.6. The lowest BCUT2D eigenvalue weighted by Crippen LogP contribution is -2.33. The molecule has 0 atom stereocenters. The van der Waals surface area contributed by atoms with Crippen LogP contribution in [0.25, 0.3) is 11.4 Å². The van der Waals surface area contributed by atoms with Crippen LogP contribution in [0.15, 0.2) is 36.7 Å². The van der Waals surface area contributed by atoms with Crippen molar-refractivity contribution in [2.45, 2.75) is 13.3 Å². The smallest absolute Gasteiger partial charge is 0.251 e. The molecule has 0 fully saturated rings. The Morgan fingerprint density at radius 2 is 1.69 bits per heavy atom. The molecular weight excluding hydrogens is 332 g/mol. The quantitative estimate of drug-likeness (QED) is 0.545. The minimum Gasteiger partial charge on any atom is -0.395 e. The number of carbonyl (C=O) groups is 1. The molecule has 0 aliphatic rings. The molecule has 26 heavy (non-hydrogen) atoms. The van der Waals surface area contributed by atoms with Gasteiger partial charge in [0.1, 0.15) is 0 Å². The number of carbonyl (C=O) groups excluding carboxylic acids is 1. The van der Waals surface area contributed by atoms with Crippen LogP contribution in [0, 0.1) is 6.92 Å². The number of aryl methyl sites for hydroxylation is 1. The fourth-order valence-corrected chi connectivity index (χ4v) is 2.61. The molecule has 0 spiro atoms. The second kappa shape index (κ2) is 10.6. The van der Waals surface area contributed by atoms with Gasteiger partial charge in [0.05, 0.1) is 24.6 Å². The Balaban J connectivity index is 1.89. The largest absolute Gasteiger partial charge is 0.395 e. The first-order valence-electron chi connectivity index (χ1n) is 8.75. The summed E-state index contributed by atoms with van der Waals surface area (Å²) in [4.78, 5) is 22.9. The molecule has 0 unspecified atom stereocenters. The molecule has 3 N–H and O–H groups in total. The van der Waals surface area contributed by atoms with Gasteiger partial charge in [-0.15, -0.1) is 0 Å². The predicted molar refractivity (Wildman–Crippen MR) is 99.8 cm³/mol. The molecule has 0 radical (unpaired) electrons. The predicted octanol–water partition coefficient (Wildman–Crippen LogP) is 0.859. The normalized spacial score (nSPS) is 10.9. The summed E-state index contributed by atoms with van der Waals surface area (Å²) in [5, 5.41) is 20.9. The zero-order valence-corrected chi connectivity index (χ0v) is 15.1. The third kappa shape index (κ3) is 6.18. The molecule has 2 rings (SSSR count). The van der Waals surface area contributed by atoms with E-state index in [-0.39, 0.29) is 19.1 Å². The maximum Gasteiger partial charge on any atom is 0.251 e. The van der Waals surface area contributed by atoms with Gasteiger partial charge in [-0.25, -0.2) is 0 Å². The molecule has 7 heteroatoms. The molecule has 0 aromatic carbocycles. The van der Waals surface area contributed by atoms with Crippen molar-refractivity contribution in [3.8, 4) is 11.4 Å². The molecule has 0 aliphatic carbocycles. The molecule has 0 saturated heterocycles. The second-order valence-electron chi connectivity index (χ2n) is 6.05. The van der Waals surface area contributed by atoms with Crippen LogP contribution in [0.1, 0.15) is 22.3 Å². The highest BCUT2D eigenvalue weighted by atomic mass is 16.3. The lowest BCUT2D eigenvalue weighted by atomic mass is 10.1. The fraction of sp³-hybridized carbons (Fsp3) is 0.421. The summed E-state index contributed by atoms with van der Waals surface area (Å²) in [5.74, 6) is -0.155. The van der Waals surface area contributed by atoms with Gasteiger partial charge in [0.15, 0.2) is 0 Å². The van der Waals surface area contributed by atoms with Gasteiger partial charge in [0, 0.05) is 37.6 Å². The Labute approximate surface area is 153 Å². The standard InChI is InChI=1S/C19H26N4O3/c1-15-3-6-20-17(13-15)18-14-16(4-7-21-18)19(26)22-5-2-8-23(9-11-24)10-12-25/h3-4,6-7,13-14,24-25H,2,5,8-12H2,1H3,(H,22,26). The van der Waals surface area contributed by atoms with E-state index in [1.807, 2.05) is 24.0 Å². The van der Waals surface area contributed by atoms with E-state index < -0.39 is 0 Å². The Morgan fingerprint density at radius 3 is 2.35 bits per heavy atom. The number of pyridine rings is 2. The van der Waals surface area contributed by atoms with Crippen molar-refractivity contribution in [1.82, 2.24) is 20.2 Å². The number of hydrogen-bond donors (Lipinski definition) is 3. The van der Waals surface area contributed by atoms with Crippen LogP contribution in [0.4, 0.5) is 0 Å². The highest BCUT2D eigenvalue weighted by Crippen LogP contribution is 2.16. The zero-order chi connectivity index (χ0) is 18.8. The Morgan fingerprint density at radius 1 is 1.04 bits per heavy atom. The maximum absolute atomic E-state index is 12.3. The van der Waals surface area contributed by atoms with Crippen molar-refractivity contribution < 1.29 is 15.0 Å². The van der Waals surface area contributed by atoms with E-state index in [2.05, 4.69) is 15.3 Å². The molecule has 2 aromatic rings. The van der Waals surface area contributed by atoms with Gasteiger partial charge < -0.3 is 15.5 Å². The van der Waals surface area contributed by atoms with E-state index in [1.165, 1.54) is 0 Å². The molecule has 1 amide bonds. The van der Waals surface area contributed by atoms with Crippen molar-refractivity contribution in [3.63, 3.8) is 0 Å². The molecule has 0 bridgehead atoms. The van der Waals surface area contributed by atoms with Crippen molar-refractivity contribution in [1.29, 1.82) is 0 Å². The van der Waals surface area contributed by atoms with Crippen LogP contribution in [0.3, 0.4) is 0 Å². The number of aromatic nitrogens is 2. The Hall–Kier alpha value is -2.35. The van der Waals surface area contributed by atoms with Gasteiger partial charge in [-0.1, -0.05) is 0 Å². The second-order valence-corrected chi connectivity index (χ2v) is 6.05. The lowest BCUT2D eigenvalue weighted by Gasteiger charge is -2.19. The van der Waals surface area contributed by atoms with E-state index in [0.717, 1.165) is 17.7 Å². The summed E-state index contributed by atoms with van der Waals surface area (Å²) in [5.41, 5.74) is 3.03. The molecule has 2 aromatic heterocycles. The van der Waals surface area contributed by atoms with Crippen molar-refractivity contribution in [3.05, 3.63) is 47.8 Å². The van der Waals surface area contributed by atoms with E-state index >= 15 is 0 Å². The van der Waals surface area contributed by atoms with Crippen LogP contribution in [0.5, 0.6) is 0 Å². The molecule has 140 valence electrons. The number of aliphatic hydroxyl groups excluding tert-OH is 2. The summed E-state index contributed by atoms with van der Waals surface area (Å²) < 4.78 is 0. The fourth-order valence-electron chi connectivity index (χ4n) is 2.61. The van der Waals surface area contributed by atoms with E-state index in [4.69, 9.17) is 10.2 Å². The van der Waals surface area contributed by atoms with Gasteiger partial charge in [0.2, 0.25) is 0 Å². The van der Waals surface area contributed by atoms with Crippen LogP contribution in [-0.2, 0) is 0 Å². The average molecular weight is 358 g/mol. The average Bonchev–Trinajstić information content (AvgIpc) is 2.65. The van der Waals surface area contributed by atoms with Crippen LogP contribution < -0.4 is 5.32 Å². The number of aliphatic hydroxyl groups is 2. The summed E-state index contributed by atoms with van der Waals surface area (Å²) in [6.07, 6.45) is 4.07. The summed E-state index contributed by atoms with van der Waals surface area (Å²) >= 11 is 0. The van der Waals surface area contributed by atoms with Crippen molar-refractivity contribution in [2.75, 3.05) is 39.4 Å². The number of amides is 1. The molecule has 2 heterocycles. The van der Waals surface area contributed by atoms with E-state index in [0.29, 0.717) is 37.4 Å². The first-order valence-corrected chi connectivity index (χ1v) is 8.75. The summed E-state index contributed by atoms with van der Waals surface area (Å²) in [7, 11) is 0. The topological polar surface area (TPSA) is 98.6 Å². The number of rotatable bonds is 10. The number of nitrogens with one attached hydrogen (secondary N) is 1. The minimum atomic E-state index is -0.155. The first kappa shape index (κ1) is 20.0. The lowest BCUT2D eigenvalue weighted by molar-refractivity contribution is 0.0949. The SMILES string of the molecule is Cc1ccnc(-c2cc(C(=O)NCCCN(CCO)CCO)ccn2)c1. The molecule has 0 aliphatic heterocycles. The highest BCUT2D eigenvalue weighted by molar-refractivity contribution is 5.94. The van der Waals surface area contributed by atoms with Crippen LogP contribution in [-0.4, -0.2) is 70.4 Å². The molecule has 7 nitrogen and oxygen atoms in total. The molecular formula is C19H26N4O3. The van der Waals surface area contributed by atoms with Crippen molar-refractivity contribution >= 4 is 5.91 Å². The van der Waals surface area contributed by atoms with Crippen LogP contribution >= 0.6 is 0 Å². The summed E-state index contributed by atoms with van der Waals surface area (Å²) in [6, 6.07) is 7.26. The summed E-state index contributed by atoms with van der Waals surface area (Å²) in [6.45, 7) is 4.36. The Bertz CT molecular complexity index is 703. The van der Waals surface area contributed by atoms with Gasteiger partial charge in [-0.3, -0.25) is 19.7 Å². The number of nitrogens with zero attached hydrogens (tertiary/aromatic N) is 3.